The van der Waals surface area contributed by atoms with Crippen LogP contribution in [0.25, 0.3) is 0 Å². The smallest absolute Gasteiger partial charge is 0.326 e. The third kappa shape index (κ3) is 4.71. The van der Waals surface area contributed by atoms with Crippen LogP contribution in [0.1, 0.15) is 26.7 Å². The van der Waals surface area contributed by atoms with Gasteiger partial charge in [-0.2, -0.15) is 0 Å². The molecule has 2 amide bonds. The Morgan fingerprint density at radius 2 is 1.96 bits per heavy atom. The lowest BCUT2D eigenvalue weighted by Crippen LogP contribution is -2.44. The summed E-state index contributed by atoms with van der Waals surface area (Å²) in [5, 5.41) is 11.8. The highest BCUT2D eigenvalue weighted by atomic mass is 16.5. The van der Waals surface area contributed by atoms with E-state index >= 15 is 0 Å². The standard InChI is InChI=1S/C18H24N2O5/c1-11(2)8-15(18(23)24)19-17(22)12-9-16(21)20(10-12)13-4-6-14(25-3)7-5-13/h4-7,11-12,15H,8-10H2,1-3H3,(H,19,22)(H,23,24)/t12?,15-/m1/s1. The van der Waals surface area contributed by atoms with Gasteiger partial charge in [0, 0.05) is 18.7 Å². The fourth-order valence-electron chi connectivity index (χ4n) is 2.88. The molecule has 1 unspecified atom stereocenters. The third-order valence-corrected chi connectivity index (χ3v) is 4.20. The van der Waals surface area contributed by atoms with Gasteiger partial charge in [-0.1, -0.05) is 13.8 Å². The molecule has 0 radical (unpaired) electrons. The zero-order valence-corrected chi connectivity index (χ0v) is 14.7. The summed E-state index contributed by atoms with van der Waals surface area (Å²) in [6.07, 6.45) is 0.426. The maximum atomic E-state index is 12.4. The first-order chi connectivity index (χ1) is 11.8. The van der Waals surface area contributed by atoms with Gasteiger partial charge in [0.25, 0.3) is 0 Å². The number of carboxylic acids is 1. The Kier molecular flexibility index (Phi) is 6.01. The Bertz CT molecular complexity index is 641. The van der Waals surface area contributed by atoms with Crippen LogP contribution in [0.3, 0.4) is 0 Å². The number of hydrogen-bond donors (Lipinski definition) is 2. The van der Waals surface area contributed by atoms with Crippen molar-refractivity contribution in [3.05, 3.63) is 24.3 Å². The van der Waals surface area contributed by atoms with Crippen LogP contribution in [0, 0.1) is 11.8 Å². The summed E-state index contributed by atoms with van der Waals surface area (Å²) < 4.78 is 5.09. The fourth-order valence-corrected chi connectivity index (χ4v) is 2.88. The molecule has 2 atom stereocenters. The third-order valence-electron chi connectivity index (χ3n) is 4.20. The van der Waals surface area contributed by atoms with Crippen molar-refractivity contribution >= 4 is 23.5 Å². The number of nitrogens with one attached hydrogen (secondary N) is 1. The van der Waals surface area contributed by atoms with Crippen molar-refractivity contribution in [1.29, 1.82) is 0 Å². The molecule has 1 aromatic rings. The van der Waals surface area contributed by atoms with E-state index < -0.39 is 23.8 Å². The van der Waals surface area contributed by atoms with Crippen molar-refractivity contribution < 1.29 is 24.2 Å². The minimum absolute atomic E-state index is 0.0753. The Labute approximate surface area is 147 Å². The topological polar surface area (TPSA) is 95.9 Å². The van der Waals surface area contributed by atoms with Crippen LogP contribution in [-0.4, -0.2) is 42.6 Å². The molecule has 2 rings (SSSR count). The Morgan fingerprint density at radius 3 is 2.48 bits per heavy atom. The Hall–Kier alpha value is -2.57. The first-order valence-corrected chi connectivity index (χ1v) is 8.29. The van der Waals surface area contributed by atoms with E-state index in [1.807, 2.05) is 13.8 Å². The molecular weight excluding hydrogens is 324 g/mol. The van der Waals surface area contributed by atoms with Crippen LogP contribution < -0.4 is 15.0 Å². The quantitative estimate of drug-likeness (QED) is 0.781. The maximum Gasteiger partial charge on any atom is 0.326 e. The molecule has 2 N–H and O–H groups in total. The van der Waals surface area contributed by atoms with Crippen molar-refractivity contribution in [2.45, 2.75) is 32.7 Å². The van der Waals surface area contributed by atoms with E-state index in [1.54, 1.807) is 36.3 Å². The molecule has 25 heavy (non-hydrogen) atoms. The van der Waals surface area contributed by atoms with Crippen molar-refractivity contribution in [1.82, 2.24) is 5.32 Å². The number of nitrogens with zero attached hydrogens (tertiary/aromatic N) is 1. The number of hydrogen-bond acceptors (Lipinski definition) is 4. The summed E-state index contributed by atoms with van der Waals surface area (Å²) in [5.74, 6) is -1.33. The number of carboxylic acid groups (broad SMARTS) is 1. The van der Waals surface area contributed by atoms with Gasteiger partial charge in [0.1, 0.15) is 11.8 Å². The summed E-state index contributed by atoms with van der Waals surface area (Å²) in [6, 6.07) is 6.08. The van der Waals surface area contributed by atoms with E-state index in [4.69, 9.17) is 4.74 Å². The average molecular weight is 348 g/mol. The lowest BCUT2D eigenvalue weighted by Gasteiger charge is -2.19. The van der Waals surface area contributed by atoms with Gasteiger partial charge in [0.2, 0.25) is 11.8 Å². The van der Waals surface area contributed by atoms with Crippen LogP contribution in [0.4, 0.5) is 5.69 Å². The van der Waals surface area contributed by atoms with E-state index in [0.29, 0.717) is 17.9 Å². The van der Waals surface area contributed by atoms with Gasteiger partial charge in [-0.25, -0.2) is 4.79 Å². The van der Waals surface area contributed by atoms with Crippen LogP contribution in [-0.2, 0) is 14.4 Å². The molecule has 0 aliphatic carbocycles. The second-order valence-corrected chi connectivity index (χ2v) is 6.63. The monoisotopic (exact) mass is 348 g/mol. The molecule has 1 fully saturated rings. The van der Waals surface area contributed by atoms with Crippen LogP contribution in [0.15, 0.2) is 24.3 Å². The molecule has 0 saturated carbocycles. The first-order valence-electron chi connectivity index (χ1n) is 8.29. The van der Waals surface area contributed by atoms with Gasteiger partial charge in [-0.3, -0.25) is 9.59 Å². The molecule has 0 bridgehead atoms. The molecule has 1 heterocycles. The van der Waals surface area contributed by atoms with E-state index in [0.717, 1.165) is 0 Å². The van der Waals surface area contributed by atoms with Gasteiger partial charge in [-0.15, -0.1) is 0 Å². The molecule has 7 nitrogen and oxygen atoms in total. The van der Waals surface area contributed by atoms with Crippen molar-refractivity contribution in [2.24, 2.45) is 11.8 Å². The lowest BCUT2D eigenvalue weighted by atomic mass is 10.0. The predicted molar refractivity (Wildman–Crippen MR) is 92.5 cm³/mol. The van der Waals surface area contributed by atoms with Crippen LogP contribution in [0.2, 0.25) is 0 Å². The lowest BCUT2D eigenvalue weighted by molar-refractivity contribution is -0.142. The van der Waals surface area contributed by atoms with Gasteiger partial charge >= 0.3 is 5.97 Å². The van der Waals surface area contributed by atoms with Crippen molar-refractivity contribution in [3.8, 4) is 5.75 Å². The number of aliphatic carboxylic acids is 1. The highest BCUT2D eigenvalue weighted by Crippen LogP contribution is 2.27. The van der Waals surface area contributed by atoms with E-state index in [2.05, 4.69) is 5.32 Å². The summed E-state index contributed by atoms with van der Waals surface area (Å²) in [6.45, 7) is 4.03. The molecule has 0 aromatic heterocycles. The number of carbonyl (C=O) groups is 3. The molecule has 1 aliphatic rings. The highest BCUT2D eigenvalue weighted by Gasteiger charge is 2.36. The number of ether oxygens (including phenoxy) is 1. The zero-order chi connectivity index (χ0) is 18.6. The molecule has 1 aliphatic heterocycles. The minimum atomic E-state index is -1.06. The molecular formula is C18H24N2O5. The van der Waals surface area contributed by atoms with Gasteiger partial charge in [-0.05, 0) is 36.6 Å². The predicted octanol–water partition coefficient (Wildman–Crippen LogP) is 1.66. The Morgan fingerprint density at radius 1 is 1.32 bits per heavy atom. The van der Waals surface area contributed by atoms with Crippen molar-refractivity contribution in [3.63, 3.8) is 0 Å². The summed E-state index contributed by atoms with van der Waals surface area (Å²) in [4.78, 5) is 37.5. The second-order valence-electron chi connectivity index (χ2n) is 6.63. The fraction of sp³-hybridized carbons (Fsp3) is 0.500. The Balaban J connectivity index is 2.02. The normalized spacial score (nSPS) is 18.3. The molecule has 1 aromatic carbocycles. The highest BCUT2D eigenvalue weighted by molar-refractivity contribution is 6.00. The van der Waals surface area contributed by atoms with Gasteiger partial charge in [0.05, 0.1) is 13.0 Å². The summed E-state index contributed by atoms with van der Waals surface area (Å²) >= 11 is 0. The number of anilines is 1. The average Bonchev–Trinajstić information content (AvgIpc) is 2.95. The van der Waals surface area contributed by atoms with Crippen LogP contribution in [0.5, 0.6) is 5.75 Å². The molecule has 136 valence electrons. The van der Waals surface area contributed by atoms with E-state index in [1.165, 1.54) is 0 Å². The van der Waals surface area contributed by atoms with E-state index in [9.17, 15) is 19.5 Å². The SMILES string of the molecule is COc1ccc(N2CC(C(=O)N[C@H](CC(C)C)C(=O)O)CC2=O)cc1. The number of amides is 2. The van der Waals surface area contributed by atoms with Crippen LogP contribution >= 0.6 is 0 Å². The summed E-state index contributed by atoms with van der Waals surface area (Å²) in [7, 11) is 1.56. The summed E-state index contributed by atoms with van der Waals surface area (Å²) in [5.41, 5.74) is 0.693. The molecule has 0 spiro atoms. The molecule has 7 heteroatoms. The van der Waals surface area contributed by atoms with E-state index in [-0.39, 0.29) is 24.8 Å². The number of methoxy groups -OCH3 is 1. The van der Waals surface area contributed by atoms with Gasteiger partial charge in [0.15, 0.2) is 0 Å². The zero-order valence-electron chi connectivity index (χ0n) is 14.7. The number of carbonyl (C=O) groups excluding carboxylic acids is 2. The first kappa shape index (κ1) is 18.8. The largest absolute Gasteiger partial charge is 0.497 e. The molecule has 1 saturated heterocycles. The number of rotatable bonds is 7. The number of benzene rings is 1. The van der Waals surface area contributed by atoms with Crippen molar-refractivity contribution in [2.75, 3.05) is 18.6 Å². The maximum absolute atomic E-state index is 12.4. The van der Waals surface area contributed by atoms with Gasteiger partial charge < -0.3 is 20.1 Å². The minimum Gasteiger partial charge on any atom is -0.497 e. The second kappa shape index (κ2) is 8.00.